The number of carbonyl (C=O) groups is 3. The van der Waals surface area contributed by atoms with Crippen molar-refractivity contribution in [1.29, 1.82) is 0 Å². The van der Waals surface area contributed by atoms with E-state index in [0.717, 1.165) is 12.0 Å². The van der Waals surface area contributed by atoms with Crippen molar-refractivity contribution in [2.75, 3.05) is 0 Å². The first-order valence-corrected chi connectivity index (χ1v) is 12.6. The van der Waals surface area contributed by atoms with Crippen LogP contribution in [0.25, 0.3) is 0 Å². The first-order chi connectivity index (χ1) is 16.5. The Morgan fingerprint density at radius 3 is 2.62 bits per heavy atom. The highest BCUT2D eigenvalue weighted by molar-refractivity contribution is 6.05. The zero-order chi connectivity index (χ0) is 23.7. The van der Waals surface area contributed by atoms with Crippen molar-refractivity contribution >= 4 is 17.7 Å². The lowest BCUT2D eigenvalue weighted by atomic mass is 9.80. The van der Waals surface area contributed by atoms with E-state index in [9.17, 15) is 14.4 Å². The Morgan fingerprint density at radius 2 is 1.82 bits per heavy atom. The highest BCUT2D eigenvalue weighted by Crippen LogP contribution is 2.32. The molecule has 2 aliphatic heterocycles. The third kappa shape index (κ3) is 4.64. The Hall–Kier alpha value is -2.99. The smallest absolute Gasteiger partial charge is 0.255 e. The van der Waals surface area contributed by atoms with Crippen LogP contribution >= 0.6 is 0 Å². The van der Waals surface area contributed by atoms with Gasteiger partial charge in [0.1, 0.15) is 6.04 Å². The molecule has 2 N–H and O–H groups in total. The fraction of sp³-hybridized carbons (Fsp3) is 0.464. The quantitative estimate of drug-likeness (QED) is 0.643. The maximum absolute atomic E-state index is 13.0. The zero-order valence-electron chi connectivity index (χ0n) is 19.8. The normalized spacial score (nSPS) is 25.7. The van der Waals surface area contributed by atoms with Crippen molar-refractivity contribution in [3.63, 3.8) is 0 Å². The van der Waals surface area contributed by atoms with Crippen LogP contribution in [0.3, 0.4) is 0 Å². The molecule has 178 valence electrons. The molecule has 3 aliphatic rings. The number of carbonyl (C=O) groups excluding carboxylic acids is 3. The third-order valence-electron chi connectivity index (χ3n) is 7.76. The summed E-state index contributed by atoms with van der Waals surface area (Å²) < 4.78 is 0. The molecule has 1 unspecified atom stereocenters. The van der Waals surface area contributed by atoms with Crippen molar-refractivity contribution in [2.45, 2.75) is 76.5 Å². The first kappa shape index (κ1) is 22.8. The van der Waals surface area contributed by atoms with Crippen molar-refractivity contribution in [3.8, 4) is 0 Å². The van der Waals surface area contributed by atoms with Gasteiger partial charge in [-0.1, -0.05) is 55.3 Å². The van der Waals surface area contributed by atoms with E-state index >= 15 is 0 Å². The Kier molecular flexibility index (Phi) is 6.50. The molecule has 4 atom stereocenters. The molecule has 6 nitrogen and oxygen atoms in total. The number of nitrogens with zero attached hydrogens (tertiary/aromatic N) is 1. The summed E-state index contributed by atoms with van der Waals surface area (Å²) in [6.07, 6.45) is 6.57. The molecule has 2 aromatic carbocycles. The molecular weight excluding hydrogens is 426 g/mol. The Labute approximate surface area is 201 Å². The van der Waals surface area contributed by atoms with Crippen LogP contribution in [0, 0.1) is 5.92 Å². The molecule has 6 heteroatoms. The number of benzene rings is 2. The number of fused-ring (bicyclic) bond motifs is 1. The molecule has 0 spiro atoms. The third-order valence-corrected chi connectivity index (χ3v) is 7.76. The van der Waals surface area contributed by atoms with Crippen molar-refractivity contribution in [2.24, 2.45) is 5.92 Å². The number of nitrogens with one attached hydrogen (secondary N) is 2. The molecule has 2 heterocycles. The van der Waals surface area contributed by atoms with Gasteiger partial charge in [0.25, 0.3) is 5.91 Å². The summed E-state index contributed by atoms with van der Waals surface area (Å²) >= 11 is 0. The van der Waals surface area contributed by atoms with Gasteiger partial charge in [0.2, 0.25) is 11.8 Å². The number of hydrogen-bond donors (Lipinski definition) is 2. The van der Waals surface area contributed by atoms with E-state index in [4.69, 9.17) is 0 Å². The van der Waals surface area contributed by atoms with Crippen LogP contribution in [0.1, 0.15) is 78.5 Å². The average Bonchev–Trinajstić information content (AvgIpc) is 3.16. The Bertz CT molecular complexity index is 1080. The lowest BCUT2D eigenvalue weighted by Gasteiger charge is -2.35. The molecule has 2 aromatic rings. The van der Waals surface area contributed by atoms with Crippen LogP contribution in [0.5, 0.6) is 0 Å². The molecule has 1 saturated heterocycles. The molecule has 0 aromatic heterocycles. The maximum Gasteiger partial charge on any atom is 0.255 e. The molecule has 1 saturated carbocycles. The average molecular weight is 460 g/mol. The van der Waals surface area contributed by atoms with E-state index in [1.165, 1.54) is 36.8 Å². The van der Waals surface area contributed by atoms with E-state index in [1.54, 1.807) is 4.90 Å². The molecule has 34 heavy (non-hydrogen) atoms. The number of piperidine rings is 1. The maximum atomic E-state index is 13.0. The minimum atomic E-state index is -0.563. The second-order valence-electron chi connectivity index (χ2n) is 10.0. The van der Waals surface area contributed by atoms with Gasteiger partial charge in [0.15, 0.2) is 0 Å². The summed E-state index contributed by atoms with van der Waals surface area (Å²) in [5.41, 5.74) is 4.24. The molecular formula is C28H33N3O3. The van der Waals surface area contributed by atoms with E-state index in [2.05, 4.69) is 60.0 Å². The topological polar surface area (TPSA) is 78.5 Å². The second-order valence-corrected chi connectivity index (χ2v) is 10.0. The van der Waals surface area contributed by atoms with Crippen molar-refractivity contribution in [3.05, 3.63) is 70.8 Å². The molecule has 0 radical (unpaired) electrons. The van der Waals surface area contributed by atoms with Crippen LogP contribution in [0.15, 0.2) is 48.5 Å². The number of hydrogen-bond acceptors (Lipinski definition) is 4. The van der Waals surface area contributed by atoms with Gasteiger partial charge in [-0.15, -0.1) is 0 Å². The van der Waals surface area contributed by atoms with E-state index in [1.807, 2.05) is 6.07 Å². The van der Waals surface area contributed by atoms with Crippen molar-refractivity contribution in [1.82, 2.24) is 15.5 Å². The molecule has 3 amide bonds. The highest BCUT2D eigenvalue weighted by atomic mass is 16.2. The van der Waals surface area contributed by atoms with E-state index in [0.29, 0.717) is 36.5 Å². The minimum Gasteiger partial charge on any atom is -0.322 e. The van der Waals surface area contributed by atoms with E-state index in [-0.39, 0.29) is 24.1 Å². The predicted molar refractivity (Wildman–Crippen MR) is 130 cm³/mol. The van der Waals surface area contributed by atoms with Gasteiger partial charge in [0, 0.05) is 30.6 Å². The van der Waals surface area contributed by atoms with Crippen molar-refractivity contribution < 1.29 is 14.4 Å². The monoisotopic (exact) mass is 459 g/mol. The molecule has 1 aliphatic carbocycles. The fourth-order valence-electron chi connectivity index (χ4n) is 5.89. The van der Waals surface area contributed by atoms with Gasteiger partial charge in [-0.3, -0.25) is 19.7 Å². The van der Waals surface area contributed by atoms with Crippen LogP contribution in [-0.4, -0.2) is 34.7 Å². The fourth-order valence-corrected chi connectivity index (χ4v) is 5.89. The lowest BCUT2D eigenvalue weighted by molar-refractivity contribution is -0.136. The summed E-state index contributed by atoms with van der Waals surface area (Å²) in [6.45, 7) is 2.68. The van der Waals surface area contributed by atoms with Gasteiger partial charge in [-0.25, -0.2) is 0 Å². The first-order valence-electron chi connectivity index (χ1n) is 12.6. The summed E-state index contributed by atoms with van der Waals surface area (Å²) in [5.74, 6) is -0.169. The summed E-state index contributed by atoms with van der Waals surface area (Å²) in [6, 6.07) is 17.0. The number of amides is 3. The highest BCUT2D eigenvalue weighted by Gasteiger charge is 2.39. The minimum absolute atomic E-state index is 0.107. The Morgan fingerprint density at radius 1 is 1.03 bits per heavy atom. The molecule has 5 rings (SSSR count). The SMILES string of the molecule is C[C@@H](N[C@H]1CCCC[C@@H]1Cc1ccc2c(c1)CN(C1CCC(=O)NC1=O)C2=O)c1ccccc1. The number of rotatable bonds is 6. The van der Waals surface area contributed by atoms with E-state index < -0.39 is 6.04 Å². The van der Waals surface area contributed by atoms with Crippen LogP contribution in [0.2, 0.25) is 0 Å². The predicted octanol–water partition coefficient (Wildman–Crippen LogP) is 3.90. The van der Waals surface area contributed by atoms with Gasteiger partial charge >= 0.3 is 0 Å². The van der Waals surface area contributed by atoms with Gasteiger partial charge in [-0.2, -0.15) is 0 Å². The Balaban J connectivity index is 1.27. The standard InChI is InChI=1S/C28H33N3O3/c1-18(20-7-3-2-4-8-20)29-24-10-6-5-9-21(24)15-19-11-12-23-22(16-19)17-31(28(23)34)25-13-14-26(32)30-27(25)33/h2-4,7-8,11-12,16,18,21,24-25,29H,5-6,9-10,13-15,17H2,1H3,(H,30,32,33)/t18-,21-,24+,25?/m1/s1. The molecule has 0 bridgehead atoms. The van der Waals surface area contributed by atoms with Crippen LogP contribution in [-0.2, 0) is 22.6 Å². The van der Waals surface area contributed by atoms with Gasteiger partial charge < -0.3 is 10.2 Å². The van der Waals surface area contributed by atoms with Crippen LogP contribution in [0.4, 0.5) is 0 Å². The zero-order valence-corrected chi connectivity index (χ0v) is 19.8. The number of imide groups is 1. The summed E-state index contributed by atoms with van der Waals surface area (Å²) in [7, 11) is 0. The second kappa shape index (κ2) is 9.71. The summed E-state index contributed by atoms with van der Waals surface area (Å²) in [4.78, 5) is 38.4. The van der Waals surface area contributed by atoms with Gasteiger partial charge in [0.05, 0.1) is 0 Å². The molecule has 2 fully saturated rings. The summed E-state index contributed by atoms with van der Waals surface area (Å²) in [5, 5.41) is 6.26. The van der Waals surface area contributed by atoms with Gasteiger partial charge in [-0.05, 0) is 61.3 Å². The largest absolute Gasteiger partial charge is 0.322 e. The lowest BCUT2D eigenvalue weighted by Crippen LogP contribution is -2.52. The van der Waals surface area contributed by atoms with Crippen LogP contribution < -0.4 is 10.6 Å².